The number of aryl methyl sites for hydroxylation is 1. The number of hydrogen-bond donors (Lipinski definition) is 0. The number of hydrogen-bond acceptors (Lipinski definition) is 2. The Morgan fingerprint density at radius 3 is 2.41 bits per heavy atom. The zero-order chi connectivity index (χ0) is 16.3. The summed E-state index contributed by atoms with van der Waals surface area (Å²) in [6, 6.07) is 7.19. The zero-order valence-corrected chi connectivity index (χ0v) is 17.0. The van der Waals surface area contributed by atoms with Crippen LogP contribution < -0.4 is 0 Å². The summed E-state index contributed by atoms with van der Waals surface area (Å²) in [5.41, 5.74) is 1.27. The van der Waals surface area contributed by atoms with E-state index in [1.807, 2.05) is 19.1 Å². The molecule has 1 aliphatic heterocycles. The normalized spacial score (nSPS) is 30.1. The van der Waals surface area contributed by atoms with Crippen LogP contribution in [0, 0.1) is 18.3 Å². The largest absolute Gasteiger partial charge is 0.243 e. The highest BCUT2D eigenvalue weighted by molar-refractivity contribution is 9.10. The highest BCUT2D eigenvalue weighted by Gasteiger charge is 2.66. The van der Waals surface area contributed by atoms with Crippen LogP contribution >= 0.6 is 15.9 Å². The van der Waals surface area contributed by atoms with Gasteiger partial charge in [-0.05, 0) is 36.8 Å². The summed E-state index contributed by atoms with van der Waals surface area (Å²) < 4.78 is 27.9. The Kier molecular flexibility index (Phi) is 3.91. The highest BCUT2D eigenvalue weighted by Crippen LogP contribution is 2.64. The van der Waals surface area contributed by atoms with Crippen molar-refractivity contribution in [1.29, 1.82) is 0 Å². The first-order chi connectivity index (χ1) is 10.1. The van der Waals surface area contributed by atoms with Gasteiger partial charge in [0.1, 0.15) is 0 Å². The Morgan fingerprint density at radius 2 is 1.86 bits per heavy atom. The molecule has 0 radical (unpaired) electrons. The molecule has 1 aromatic rings. The number of benzene rings is 1. The Bertz CT molecular complexity index is 683. The van der Waals surface area contributed by atoms with Gasteiger partial charge in [0.25, 0.3) is 0 Å². The minimum Gasteiger partial charge on any atom is -0.207 e. The minimum atomic E-state index is -3.35. The molecule has 2 fully saturated rings. The van der Waals surface area contributed by atoms with Gasteiger partial charge in [-0.25, -0.2) is 8.42 Å². The molecular formula is C16H24BrNO2SSi. The second-order valence-electron chi connectivity index (χ2n) is 7.97. The van der Waals surface area contributed by atoms with Gasteiger partial charge >= 0.3 is 0 Å². The van der Waals surface area contributed by atoms with Gasteiger partial charge in [0.2, 0.25) is 10.0 Å². The van der Waals surface area contributed by atoms with E-state index >= 15 is 0 Å². The second-order valence-corrected chi connectivity index (χ2v) is 17.0. The predicted molar refractivity (Wildman–Crippen MR) is 96.5 cm³/mol. The maximum Gasteiger partial charge on any atom is 0.243 e. The van der Waals surface area contributed by atoms with Gasteiger partial charge in [-0.3, -0.25) is 0 Å². The van der Waals surface area contributed by atoms with Crippen molar-refractivity contribution in [3.8, 4) is 0 Å². The molecule has 2 aliphatic rings. The molecule has 1 heterocycles. The van der Waals surface area contributed by atoms with Gasteiger partial charge < -0.3 is 0 Å². The van der Waals surface area contributed by atoms with Crippen molar-refractivity contribution in [1.82, 2.24) is 4.31 Å². The average molecular weight is 402 g/mol. The molecule has 1 aromatic carbocycles. The van der Waals surface area contributed by atoms with Gasteiger partial charge in [-0.2, -0.15) is 4.31 Å². The molecule has 0 unspecified atom stereocenters. The first kappa shape index (κ1) is 16.7. The van der Waals surface area contributed by atoms with E-state index < -0.39 is 18.1 Å². The van der Waals surface area contributed by atoms with E-state index in [2.05, 4.69) is 35.6 Å². The molecule has 6 heteroatoms. The molecule has 3 rings (SSSR count). The van der Waals surface area contributed by atoms with E-state index in [1.54, 1.807) is 16.4 Å². The summed E-state index contributed by atoms with van der Waals surface area (Å²) in [6.45, 7) is 10.4. The van der Waals surface area contributed by atoms with E-state index in [-0.39, 0.29) is 5.41 Å². The number of fused-ring (bicyclic) bond motifs is 1. The number of nitrogens with zero attached hydrogens (tertiary/aromatic N) is 1. The number of sulfonamides is 1. The number of piperidine rings is 1. The van der Waals surface area contributed by atoms with Gasteiger partial charge in [-0.15, -0.1) is 0 Å². The molecule has 1 aliphatic carbocycles. The van der Waals surface area contributed by atoms with Gasteiger partial charge in [0.15, 0.2) is 0 Å². The molecule has 3 nitrogen and oxygen atoms in total. The first-order valence-corrected chi connectivity index (χ1v) is 13.7. The molecule has 122 valence electrons. The second kappa shape index (κ2) is 5.16. The molecule has 0 N–H and O–H groups in total. The average Bonchev–Trinajstić information content (AvgIpc) is 2.99. The first-order valence-electron chi connectivity index (χ1n) is 7.78. The maximum absolute atomic E-state index is 12.8. The van der Waals surface area contributed by atoms with E-state index in [0.717, 1.165) is 5.56 Å². The standard InChI is InChI=1S/C16H24BrNO2SSi/c1-12-5-7-14(8-6-12)21(19,20)18-10-13-9-16(13,11-18)15(17)22(2,3)4/h5-8,13,15H,9-11H2,1-4H3/t13-,15+,16-/m0/s1. The van der Waals surface area contributed by atoms with Crippen molar-refractivity contribution in [3.05, 3.63) is 29.8 Å². The van der Waals surface area contributed by atoms with Gasteiger partial charge in [-0.1, -0.05) is 53.3 Å². The fourth-order valence-electron chi connectivity index (χ4n) is 3.77. The van der Waals surface area contributed by atoms with Crippen molar-refractivity contribution >= 4 is 34.0 Å². The van der Waals surface area contributed by atoms with E-state index in [1.165, 1.54) is 6.42 Å². The summed E-state index contributed by atoms with van der Waals surface area (Å²) in [5.74, 6) is 0.531. The molecular weight excluding hydrogens is 378 g/mol. The Hall–Kier alpha value is -0.173. The summed E-state index contributed by atoms with van der Waals surface area (Å²) in [6.07, 6.45) is 1.17. The van der Waals surface area contributed by atoms with Crippen LogP contribution in [0.1, 0.15) is 12.0 Å². The number of alkyl halides is 1. The third-order valence-corrected chi connectivity index (χ3v) is 14.1. The molecule has 3 atom stereocenters. The topological polar surface area (TPSA) is 37.4 Å². The third kappa shape index (κ3) is 2.62. The lowest BCUT2D eigenvalue weighted by Gasteiger charge is -2.32. The van der Waals surface area contributed by atoms with E-state index in [4.69, 9.17) is 0 Å². The quantitative estimate of drug-likeness (QED) is 0.570. The van der Waals surface area contributed by atoms with Crippen molar-refractivity contribution in [3.63, 3.8) is 0 Å². The van der Waals surface area contributed by atoms with Crippen molar-refractivity contribution < 1.29 is 8.42 Å². The molecule has 0 spiro atoms. The van der Waals surface area contributed by atoms with Crippen LogP contribution in [-0.2, 0) is 10.0 Å². The zero-order valence-electron chi connectivity index (χ0n) is 13.6. The lowest BCUT2D eigenvalue weighted by Crippen LogP contribution is -2.44. The van der Waals surface area contributed by atoms with E-state index in [9.17, 15) is 8.42 Å². The molecule has 1 saturated carbocycles. The summed E-state index contributed by atoms with van der Waals surface area (Å²) in [5, 5.41) is 0. The highest BCUT2D eigenvalue weighted by atomic mass is 79.9. The molecule has 1 saturated heterocycles. The molecule has 0 amide bonds. The van der Waals surface area contributed by atoms with Crippen molar-refractivity contribution in [2.75, 3.05) is 13.1 Å². The third-order valence-electron chi connectivity index (χ3n) is 5.10. The van der Waals surface area contributed by atoms with Gasteiger partial charge in [0, 0.05) is 17.5 Å². The van der Waals surface area contributed by atoms with E-state index in [0.29, 0.717) is 28.4 Å². The van der Waals surface area contributed by atoms with Gasteiger partial charge in [0.05, 0.1) is 13.0 Å². The summed E-state index contributed by atoms with van der Waals surface area (Å²) >= 11 is 3.92. The van der Waals surface area contributed by atoms with Crippen LogP contribution in [-0.4, -0.2) is 38.3 Å². The lowest BCUT2D eigenvalue weighted by molar-refractivity contribution is 0.410. The number of rotatable bonds is 4. The molecule has 0 aromatic heterocycles. The Balaban J connectivity index is 1.83. The predicted octanol–water partition coefficient (Wildman–Crippen LogP) is 3.65. The fraction of sp³-hybridized carbons (Fsp3) is 0.625. The summed E-state index contributed by atoms with van der Waals surface area (Å²) in [4.78, 5) is 0.425. The maximum atomic E-state index is 12.8. The van der Waals surface area contributed by atoms with Crippen LogP contribution in [0.5, 0.6) is 0 Å². The monoisotopic (exact) mass is 401 g/mol. The molecule has 0 bridgehead atoms. The molecule has 22 heavy (non-hydrogen) atoms. The van der Waals surface area contributed by atoms with Crippen LogP contribution in [0.25, 0.3) is 0 Å². The fourth-order valence-corrected chi connectivity index (χ4v) is 8.21. The van der Waals surface area contributed by atoms with Crippen LogP contribution in [0.2, 0.25) is 19.6 Å². The van der Waals surface area contributed by atoms with Crippen LogP contribution in [0.3, 0.4) is 0 Å². The van der Waals surface area contributed by atoms with Crippen LogP contribution in [0.4, 0.5) is 0 Å². The summed E-state index contributed by atoms with van der Waals surface area (Å²) in [7, 11) is -4.68. The Labute approximate surface area is 143 Å². The lowest BCUT2D eigenvalue weighted by atomic mass is 10.1. The SMILES string of the molecule is Cc1ccc(S(=O)(=O)N2C[C@@H]3C[C@]3([C@H](Br)[Si](C)(C)C)C2)cc1. The Morgan fingerprint density at radius 1 is 1.27 bits per heavy atom. The van der Waals surface area contributed by atoms with Crippen molar-refractivity contribution in [2.24, 2.45) is 11.3 Å². The van der Waals surface area contributed by atoms with Crippen molar-refractivity contribution in [2.45, 2.75) is 42.3 Å². The minimum absolute atomic E-state index is 0.183. The number of halogens is 1. The van der Waals surface area contributed by atoms with Crippen LogP contribution in [0.15, 0.2) is 29.2 Å². The smallest absolute Gasteiger partial charge is 0.207 e.